The molecule has 2 rings (SSSR count). The van der Waals surface area contributed by atoms with Gasteiger partial charge in [-0.25, -0.2) is 0 Å². The largest absolute Gasteiger partial charge is 0.360 e. The van der Waals surface area contributed by atoms with Crippen molar-refractivity contribution in [3.05, 3.63) is 11.8 Å². The predicted octanol–water partition coefficient (Wildman–Crippen LogP) is 1.30. The first-order valence-corrected chi connectivity index (χ1v) is 5.21. The van der Waals surface area contributed by atoms with E-state index in [9.17, 15) is 0 Å². The molecule has 4 heteroatoms. The zero-order chi connectivity index (χ0) is 9.97. The summed E-state index contributed by atoms with van der Waals surface area (Å²) in [5, 5.41) is 4.04. The number of aryl methyl sites for hydroxylation is 1. The van der Waals surface area contributed by atoms with Crippen LogP contribution in [0.15, 0.2) is 10.6 Å². The topological polar surface area (TPSA) is 55.3 Å². The lowest BCUT2D eigenvalue weighted by molar-refractivity contribution is 0.396. The van der Waals surface area contributed by atoms with Gasteiger partial charge in [0, 0.05) is 18.7 Å². The van der Waals surface area contributed by atoms with Gasteiger partial charge >= 0.3 is 0 Å². The van der Waals surface area contributed by atoms with Crippen molar-refractivity contribution in [3.8, 4) is 0 Å². The number of nitrogens with two attached hydrogens (primary N) is 1. The van der Waals surface area contributed by atoms with Crippen LogP contribution in [0, 0.1) is 6.92 Å². The summed E-state index contributed by atoms with van der Waals surface area (Å²) in [6.07, 6.45) is 3.51. The van der Waals surface area contributed by atoms with Gasteiger partial charge in [-0.05, 0) is 32.7 Å². The molecule has 0 bridgehead atoms. The summed E-state index contributed by atoms with van der Waals surface area (Å²) in [6.45, 7) is 3.75. The fourth-order valence-electron chi connectivity index (χ4n) is 2.12. The van der Waals surface area contributed by atoms with Gasteiger partial charge in [-0.15, -0.1) is 0 Å². The molecular weight excluding hydrogens is 178 g/mol. The summed E-state index contributed by atoms with van der Waals surface area (Å²) in [4.78, 5) is 2.31. The molecule has 0 amide bonds. The second-order valence-electron chi connectivity index (χ2n) is 3.86. The second-order valence-corrected chi connectivity index (χ2v) is 3.86. The molecule has 78 valence electrons. The Kier molecular flexibility index (Phi) is 2.72. The Morgan fingerprint density at radius 2 is 2.57 bits per heavy atom. The van der Waals surface area contributed by atoms with Crippen LogP contribution < -0.4 is 10.6 Å². The van der Waals surface area contributed by atoms with Crippen LogP contribution in [0.3, 0.4) is 0 Å². The van der Waals surface area contributed by atoms with E-state index < -0.39 is 0 Å². The molecule has 1 saturated heterocycles. The maximum absolute atomic E-state index is 5.58. The Balaban J connectivity index is 2.09. The van der Waals surface area contributed by atoms with Gasteiger partial charge < -0.3 is 15.2 Å². The zero-order valence-corrected chi connectivity index (χ0v) is 8.57. The molecular formula is C10H17N3O. The lowest BCUT2D eigenvalue weighted by Crippen LogP contribution is -2.31. The van der Waals surface area contributed by atoms with Gasteiger partial charge in [-0.3, -0.25) is 0 Å². The van der Waals surface area contributed by atoms with Crippen LogP contribution >= 0.6 is 0 Å². The molecule has 1 aliphatic rings. The zero-order valence-electron chi connectivity index (χ0n) is 8.57. The normalized spacial score (nSPS) is 21.9. The molecule has 0 aromatic carbocycles. The molecule has 1 aromatic heterocycles. The number of aromatic nitrogens is 1. The molecule has 1 fully saturated rings. The molecule has 1 aliphatic heterocycles. The van der Waals surface area contributed by atoms with Crippen LogP contribution in [0.4, 0.5) is 5.82 Å². The fourth-order valence-corrected chi connectivity index (χ4v) is 2.12. The summed E-state index contributed by atoms with van der Waals surface area (Å²) in [7, 11) is 0. The highest BCUT2D eigenvalue weighted by Crippen LogP contribution is 2.26. The van der Waals surface area contributed by atoms with E-state index in [1.54, 1.807) is 0 Å². The molecule has 2 N–H and O–H groups in total. The Labute approximate surface area is 84.0 Å². The lowest BCUT2D eigenvalue weighted by Gasteiger charge is -2.23. The van der Waals surface area contributed by atoms with Gasteiger partial charge in [0.1, 0.15) is 5.76 Å². The summed E-state index contributed by atoms with van der Waals surface area (Å²) in [5.74, 6) is 1.84. The quantitative estimate of drug-likeness (QED) is 0.789. The van der Waals surface area contributed by atoms with Crippen molar-refractivity contribution < 1.29 is 4.52 Å². The minimum absolute atomic E-state index is 0.560. The van der Waals surface area contributed by atoms with Gasteiger partial charge in [0.2, 0.25) is 0 Å². The molecule has 4 nitrogen and oxygen atoms in total. The Morgan fingerprint density at radius 1 is 1.71 bits per heavy atom. The summed E-state index contributed by atoms with van der Waals surface area (Å²) in [5.41, 5.74) is 5.58. The molecule has 0 radical (unpaired) electrons. The van der Waals surface area contributed by atoms with Crippen LogP contribution in [0.25, 0.3) is 0 Å². The number of hydrogen-bond acceptors (Lipinski definition) is 4. The third-order valence-electron chi connectivity index (χ3n) is 2.79. The van der Waals surface area contributed by atoms with Crippen LogP contribution in [-0.4, -0.2) is 24.3 Å². The van der Waals surface area contributed by atoms with Crippen molar-refractivity contribution in [2.75, 3.05) is 18.0 Å². The fraction of sp³-hybridized carbons (Fsp3) is 0.700. The monoisotopic (exact) mass is 195 g/mol. The highest BCUT2D eigenvalue weighted by molar-refractivity contribution is 5.40. The van der Waals surface area contributed by atoms with E-state index in [1.807, 2.05) is 13.0 Å². The molecule has 2 heterocycles. The van der Waals surface area contributed by atoms with E-state index in [2.05, 4.69) is 10.1 Å². The second kappa shape index (κ2) is 4.00. The van der Waals surface area contributed by atoms with Crippen molar-refractivity contribution in [2.24, 2.45) is 5.73 Å². The van der Waals surface area contributed by atoms with Crippen molar-refractivity contribution in [1.82, 2.24) is 5.16 Å². The SMILES string of the molecule is Cc1cc(N2CCCC2CCN)no1. The average molecular weight is 195 g/mol. The molecule has 1 aromatic rings. The van der Waals surface area contributed by atoms with Gasteiger partial charge in [-0.1, -0.05) is 5.16 Å². The van der Waals surface area contributed by atoms with E-state index in [0.717, 1.165) is 31.1 Å². The number of anilines is 1. The first-order valence-electron chi connectivity index (χ1n) is 5.21. The van der Waals surface area contributed by atoms with E-state index in [0.29, 0.717) is 6.04 Å². The highest BCUT2D eigenvalue weighted by atomic mass is 16.5. The highest BCUT2D eigenvalue weighted by Gasteiger charge is 2.25. The Bertz CT molecular complexity index is 297. The summed E-state index contributed by atoms with van der Waals surface area (Å²) in [6, 6.07) is 2.55. The van der Waals surface area contributed by atoms with Gasteiger partial charge in [0.05, 0.1) is 0 Å². The first kappa shape index (κ1) is 9.52. The summed E-state index contributed by atoms with van der Waals surface area (Å²) >= 11 is 0. The minimum atomic E-state index is 0.560. The minimum Gasteiger partial charge on any atom is -0.360 e. The van der Waals surface area contributed by atoms with Crippen LogP contribution in [-0.2, 0) is 0 Å². The molecule has 1 atom stereocenters. The molecule has 0 spiro atoms. The average Bonchev–Trinajstić information content (AvgIpc) is 2.74. The third-order valence-corrected chi connectivity index (χ3v) is 2.79. The van der Waals surface area contributed by atoms with Crippen molar-refractivity contribution in [2.45, 2.75) is 32.2 Å². The van der Waals surface area contributed by atoms with E-state index >= 15 is 0 Å². The number of rotatable bonds is 3. The van der Waals surface area contributed by atoms with E-state index in [-0.39, 0.29) is 0 Å². The molecule has 0 aliphatic carbocycles. The van der Waals surface area contributed by atoms with E-state index in [1.165, 1.54) is 12.8 Å². The molecule has 14 heavy (non-hydrogen) atoms. The number of nitrogens with zero attached hydrogens (tertiary/aromatic N) is 2. The first-order chi connectivity index (χ1) is 6.81. The van der Waals surface area contributed by atoms with Gasteiger partial charge in [-0.2, -0.15) is 0 Å². The van der Waals surface area contributed by atoms with Crippen LogP contribution in [0.5, 0.6) is 0 Å². The smallest absolute Gasteiger partial charge is 0.172 e. The van der Waals surface area contributed by atoms with Gasteiger partial charge in [0.25, 0.3) is 0 Å². The van der Waals surface area contributed by atoms with E-state index in [4.69, 9.17) is 10.3 Å². The summed E-state index contributed by atoms with van der Waals surface area (Å²) < 4.78 is 5.08. The molecule has 1 unspecified atom stereocenters. The van der Waals surface area contributed by atoms with Crippen molar-refractivity contribution in [3.63, 3.8) is 0 Å². The Morgan fingerprint density at radius 3 is 3.21 bits per heavy atom. The van der Waals surface area contributed by atoms with Crippen LogP contribution in [0.2, 0.25) is 0 Å². The van der Waals surface area contributed by atoms with Crippen molar-refractivity contribution >= 4 is 5.82 Å². The Hall–Kier alpha value is -1.03. The van der Waals surface area contributed by atoms with Gasteiger partial charge in [0.15, 0.2) is 5.82 Å². The number of hydrogen-bond donors (Lipinski definition) is 1. The van der Waals surface area contributed by atoms with Crippen LogP contribution in [0.1, 0.15) is 25.0 Å². The maximum atomic E-state index is 5.58. The standard InChI is InChI=1S/C10H17N3O/c1-8-7-10(12-14-8)13-6-2-3-9(13)4-5-11/h7,9H,2-6,11H2,1H3. The predicted molar refractivity (Wildman–Crippen MR) is 55.3 cm³/mol. The third kappa shape index (κ3) is 1.75. The maximum Gasteiger partial charge on any atom is 0.172 e. The van der Waals surface area contributed by atoms with Crippen molar-refractivity contribution in [1.29, 1.82) is 0 Å². The molecule has 0 saturated carbocycles. The lowest BCUT2D eigenvalue weighted by atomic mass is 10.1.